The van der Waals surface area contributed by atoms with Crippen LogP contribution in [0.5, 0.6) is 5.75 Å². The van der Waals surface area contributed by atoms with E-state index in [0.29, 0.717) is 5.75 Å². The van der Waals surface area contributed by atoms with Crippen LogP contribution >= 0.6 is 15.9 Å². The lowest BCUT2D eigenvalue weighted by atomic mass is 9.87. The van der Waals surface area contributed by atoms with Crippen LogP contribution < -0.4 is 4.74 Å². The summed E-state index contributed by atoms with van der Waals surface area (Å²) in [6, 6.07) is 5.30. The summed E-state index contributed by atoms with van der Waals surface area (Å²) in [7, 11) is 0. The fourth-order valence-corrected chi connectivity index (χ4v) is 3.77. The van der Waals surface area contributed by atoms with Crippen LogP contribution in [0, 0.1) is 6.92 Å². The summed E-state index contributed by atoms with van der Waals surface area (Å²) < 4.78 is 34.3. The van der Waals surface area contributed by atoms with E-state index in [2.05, 4.69) is 15.9 Å². The van der Waals surface area contributed by atoms with Gasteiger partial charge in [0, 0.05) is 32.2 Å². The van der Waals surface area contributed by atoms with Crippen LogP contribution in [0.4, 0.5) is 0 Å². The van der Waals surface area contributed by atoms with E-state index in [9.17, 15) is 19.2 Å². The smallest absolute Gasteiger partial charge is 0.303 e. The molecule has 182 valence electrons. The summed E-state index contributed by atoms with van der Waals surface area (Å²) in [5.74, 6) is -2.34. The first-order chi connectivity index (χ1) is 15.3. The molecule has 10 nitrogen and oxygen atoms in total. The van der Waals surface area contributed by atoms with Gasteiger partial charge in [0.2, 0.25) is 11.9 Å². The van der Waals surface area contributed by atoms with Crippen LogP contribution in [0.15, 0.2) is 22.7 Å². The Morgan fingerprint density at radius 3 is 2.18 bits per heavy atom. The summed E-state index contributed by atoms with van der Waals surface area (Å²) >= 11 is 3.37. The normalized spacial score (nSPS) is 26.6. The Kier molecular flexibility index (Phi) is 8.84. The number of carbonyl (C=O) groups is 4. The number of esters is 4. The Bertz CT molecular complexity index is 916. The number of benzene rings is 1. The number of hydrogen-bond acceptors (Lipinski definition) is 10. The summed E-state index contributed by atoms with van der Waals surface area (Å²) in [5, 5.41) is 0. The number of rotatable bonds is 7. The number of carbonyl (C=O) groups excluding carboxylic acids is 4. The van der Waals surface area contributed by atoms with E-state index in [0.717, 1.165) is 23.9 Å². The summed E-state index contributed by atoms with van der Waals surface area (Å²) in [6.45, 7) is 7.60. The van der Waals surface area contributed by atoms with Crippen molar-refractivity contribution >= 4 is 39.8 Å². The van der Waals surface area contributed by atoms with E-state index in [-0.39, 0.29) is 6.61 Å². The lowest BCUT2D eigenvalue weighted by molar-refractivity contribution is -0.321. The van der Waals surface area contributed by atoms with Crippen LogP contribution in [0.3, 0.4) is 0 Å². The number of aryl methyl sites for hydroxylation is 1. The maximum absolute atomic E-state index is 12.0. The Morgan fingerprint density at radius 2 is 1.64 bits per heavy atom. The molecule has 1 saturated heterocycles. The van der Waals surface area contributed by atoms with E-state index in [1.807, 2.05) is 6.07 Å². The van der Waals surface area contributed by atoms with Crippen LogP contribution in [0.25, 0.3) is 0 Å². The Hall–Kier alpha value is -2.66. The molecule has 0 radical (unpaired) electrons. The molecule has 0 bridgehead atoms. The van der Waals surface area contributed by atoms with Gasteiger partial charge < -0.3 is 28.4 Å². The van der Waals surface area contributed by atoms with Crippen LogP contribution in [0.1, 0.15) is 40.2 Å². The molecule has 5 atom stereocenters. The molecule has 1 aliphatic heterocycles. The minimum atomic E-state index is -1.74. The Labute approximate surface area is 199 Å². The highest BCUT2D eigenvalue weighted by Crippen LogP contribution is 2.39. The Morgan fingerprint density at radius 1 is 1.00 bits per heavy atom. The second-order valence-corrected chi connectivity index (χ2v) is 8.63. The van der Waals surface area contributed by atoms with Crippen molar-refractivity contribution in [1.29, 1.82) is 0 Å². The Balaban J connectivity index is 2.59. The monoisotopic (exact) mass is 530 g/mol. The van der Waals surface area contributed by atoms with Gasteiger partial charge in [-0.05, 0) is 31.5 Å². The van der Waals surface area contributed by atoms with Gasteiger partial charge in [0.25, 0.3) is 0 Å². The lowest BCUT2D eigenvalue weighted by Gasteiger charge is -2.49. The third-order valence-electron chi connectivity index (χ3n) is 4.79. The van der Waals surface area contributed by atoms with E-state index < -0.39 is 54.1 Å². The van der Waals surface area contributed by atoms with E-state index >= 15 is 0 Å². The molecule has 0 N–H and O–H groups in total. The fraction of sp³-hybridized carbons (Fsp3) is 0.545. The van der Waals surface area contributed by atoms with Gasteiger partial charge in [-0.2, -0.15) is 0 Å². The van der Waals surface area contributed by atoms with Crippen LogP contribution in [0.2, 0.25) is 0 Å². The summed E-state index contributed by atoms with van der Waals surface area (Å²) in [5.41, 5.74) is -0.992. The van der Waals surface area contributed by atoms with Gasteiger partial charge in [-0.1, -0.05) is 22.0 Å². The standard InChI is InChI=1S/C22H27BrO10/c1-11-7-8-16(23)9-17(11)31-21-22(6,33-15(5)27)20(30-14(4)26)19(29-13(3)25)18(32-21)10-28-12(2)24/h7-9,18-21H,10H2,1-6H3/t18-,19-,20+,21+,22+/m1/s1. The minimum absolute atomic E-state index is 0.335. The van der Waals surface area contributed by atoms with Gasteiger partial charge in [0.15, 0.2) is 12.2 Å². The number of ether oxygens (including phenoxy) is 6. The molecule has 0 saturated carbocycles. The molecule has 11 heteroatoms. The van der Waals surface area contributed by atoms with Gasteiger partial charge in [-0.3, -0.25) is 19.2 Å². The van der Waals surface area contributed by atoms with Gasteiger partial charge in [0.05, 0.1) is 0 Å². The first-order valence-electron chi connectivity index (χ1n) is 10.1. The molecular weight excluding hydrogens is 504 g/mol. The molecule has 0 aliphatic carbocycles. The SMILES string of the molecule is CC(=O)OC[C@H]1O[C@H](Oc2cc(Br)ccc2C)[C@@](C)(OC(C)=O)[C@@H](OC(C)=O)[C@@H]1OC(C)=O. The van der Waals surface area contributed by atoms with Crippen LogP contribution in [-0.4, -0.2) is 60.7 Å². The largest absolute Gasteiger partial charge is 0.463 e. The molecule has 2 rings (SSSR count). The average molecular weight is 531 g/mol. The highest BCUT2D eigenvalue weighted by molar-refractivity contribution is 9.10. The van der Waals surface area contributed by atoms with Crippen molar-refractivity contribution in [2.75, 3.05) is 6.61 Å². The van der Waals surface area contributed by atoms with Crippen molar-refractivity contribution in [3.05, 3.63) is 28.2 Å². The topological polar surface area (TPSA) is 124 Å². The average Bonchev–Trinajstić information content (AvgIpc) is 2.67. The quantitative estimate of drug-likeness (QED) is 0.383. The molecular formula is C22H27BrO10. The predicted molar refractivity (Wildman–Crippen MR) is 116 cm³/mol. The molecule has 1 aromatic rings. The molecule has 1 aliphatic rings. The highest BCUT2D eigenvalue weighted by Gasteiger charge is 2.61. The summed E-state index contributed by atoms with van der Waals surface area (Å²) in [6.07, 6.45) is -5.03. The van der Waals surface area contributed by atoms with Gasteiger partial charge >= 0.3 is 23.9 Å². The van der Waals surface area contributed by atoms with Crippen molar-refractivity contribution < 1.29 is 47.6 Å². The highest BCUT2D eigenvalue weighted by atomic mass is 79.9. The number of halogens is 1. The second-order valence-electron chi connectivity index (χ2n) is 7.72. The van der Waals surface area contributed by atoms with E-state index in [1.165, 1.54) is 20.8 Å². The maximum atomic E-state index is 12.0. The zero-order valence-corrected chi connectivity index (χ0v) is 20.8. The van der Waals surface area contributed by atoms with Gasteiger partial charge in [-0.15, -0.1) is 0 Å². The van der Waals surface area contributed by atoms with Crippen LogP contribution in [-0.2, 0) is 42.9 Å². The molecule has 1 fully saturated rings. The molecule has 0 aromatic heterocycles. The summed E-state index contributed by atoms with van der Waals surface area (Å²) in [4.78, 5) is 47.3. The molecule has 1 heterocycles. The van der Waals surface area contributed by atoms with Crippen molar-refractivity contribution in [3.8, 4) is 5.75 Å². The predicted octanol–water partition coefficient (Wildman–Crippen LogP) is 2.61. The molecule has 1 aromatic carbocycles. The van der Waals surface area contributed by atoms with E-state index in [4.69, 9.17) is 28.4 Å². The van der Waals surface area contributed by atoms with Crippen molar-refractivity contribution in [3.63, 3.8) is 0 Å². The zero-order valence-electron chi connectivity index (χ0n) is 19.2. The molecule has 0 amide bonds. The molecule has 0 unspecified atom stereocenters. The van der Waals surface area contributed by atoms with Gasteiger partial charge in [0.1, 0.15) is 18.5 Å². The first-order valence-corrected chi connectivity index (χ1v) is 10.9. The third kappa shape index (κ3) is 6.91. The van der Waals surface area contributed by atoms with Gasteiger partial charge in [-0.25, -0.2) is 0 Å². The van der Waals surface area contributed by atoms with Crippen molar-refractivity contribution in [2.24, 2.45) is 0 Å². The molecule has 33 heavy (non-hydrogen) atoms. The third-order valence-corrected chi connectivity index (χ3v) is 5.28. The second kappa shape index (κ2) is 11.0. The van der Waals surface area contributed by atoms with E-state index in [1.54, 1.807) is 19.1 Å². The lowest BCUT2D eigenvalue weighted by Crippen LogP contribution is -2.70. The minimum Gasteiger partial charge on any atom is -0.463 e. The van der Waals surface area contributed by atoms with Crippen molar-refractivity contribution in [2.45, 2.75) is 71.7 Å². The zero-order chi connectivity index (χ0) is 24.9. The fourth-order valence-electron chi connectivity index (χ4n) is 3.43. The number of hydrogen-bond donors (Lipinski definition) is 0. The van der Waals surface area contributed by atoms with Crippen molar-refractivity contribution in [1.82, 2.24) is 0 Å². The molecule has 0 spiro atoms. The first kappa shape index (κ1) is 26.6. The maximum Gasteiger partial charge on any atom is 0.303 e.